The van der Waals surface area contributed by atoms with E-state index in [2.05, 4.69) is 20.6 Å². The smallest absolute Gasteiger partial charge is 0.280 e. The van der Waals surface area contributed by atoms with Crippen molar-refractivity contribution in [2.24, 2.45) is 7.05 Å². The summed E-state index contributed by atoms with van der Waals surface area (Å²) in [5.74, 6) is 0.880. The molecule has 3 heterocycles. The van der Waals surface area contributed by atoms with Crippen LogP contribution in [0.25, 0.3) is 11.3 Å². The Morgan fingerprint density at radius 2 is 2.03 bits per heavy atom. The van der Waals surface area contributed by atoms with Crippen molar-refractivity contribution in [3.8, 4) is 17.0 Å². The summed E-state index contributed by atoms with van der Waals surface area (Å²) >= 11 is 1.34. The van der Waals surface area contributed by atoms with E-state index in [1.54, 1.807) is 11.6 Å². The molecule has 1 aromatic carbocycles. The molecule has 3 aromatic heterocycles. The number of aromatic nitrogens is 4. The van der Waals surface area contributed by atoms with Crippen LogP contribution in [0.1, 0.15) is 38.6 Å². The summed E-state index contributed by atoms with van der Waals surface area (Å²) in [7, 11) is 1.86. The van der Waals surface area contributed by atoms with Gasteiger partial charge in [0.05, 0.1) is 17.0 Å². The highest BCUT2D eigenvalue weighted by atomic mass is 32.1. The van der Waals surface area contributed by atoms with Crippen molar-refractivity contribution >= 4 is 22.4 Å². The van der Waals surface area contributed by atoms with Crippen molar-refractivity contribution < 1.29 is 14.1 Å². The zero-order valence-corrected chi connectivity index (χ0v) is 18.8. The fourth-order valence-electron chi connectivity index (χ4n) is 3.16. The summed E-state index contributed by atoms with van der Waals surface area (Å²) in [6.07, 6.45) is 1.90. The van der Waals surface area contributed by atoms with Gasteiger partial charge in [0, 0.05) is 24.2 Å². The highest BCUT2D eigenvalue weighted by Gasteiger charge is 2.22. The molecule has 0 aliphatic carbocycles. The lowest BCUT2D eigenvalue weighted by Gasteiger charge is -2.08. The lowest BCUT2D eigenvalue weighted by molar-refractivity contribution is 0.101. The van der Waals surface area contributed by atoms with E-state index in [0.717, 1.165) is 28.3 Å². The molecule has 0 bridgehead atoms. The van der Waals surface area contributed by atoms with E-state index in [9.17, 15) is 4.79 Å². The number of rotatable bonds is 6. The number of anilines is 1. The summed E-state index contributed by atoms with van der Waals surface area (Å²) in [5.41, 5.74) is 5.70. The molecule has 0 aliphatic heterocycles. The molecule has 0 saturated carbocycles. The number of carbonyl (C=O) groups excluding carboxylic acids is 1. The molecular formula is C22H23N5O3S. The van der Waals surface area contributed by atoms with Crippen LogP contribution in [0.5, 0.6) is 5.75 Å². The molecule has 4 rings (SSSR count). The van der Waals surface area contributed by atoms with Gasteiger partial charge >= 0.3 is 0 Å². The largest absolute Gasteiger partial charge is 0.489 e. The Hall–Kier alpha value is -3.46. The van der Waals surface area contributed by atoms with E-state index in [1.165, 1.54) is 16.9 Å². The van der Waals surface area contributed by atoms with Gasteiger partial charge < -0.3 is 9.26 Å². The lowest BCUT2D eigenvalue weighted by atomic mass is 10.1. The van der Waals surface area contributed by atoms with Gasteiger partial charge in [-0.25, -0.2) is 4.98 Å². The van der Waals surface area contributed by atoms with E-state index in [-0.39, 0.29) is 18.2 Å². The molecule has 8 nitrogen and oxygen atoms in total. The Morgan fingerprint density at radius 3 is 2.74 bits per heavy atom. The molecule has 0 atom stereocenters. The minimum atomic E-state index is -0.389. The van der Waals surface area contributed by atoms with Crippen LogP contribution in [0.2, 0.25) is 0 Å². The first kappa shape index (κ1) is 20.8. The van der Waals surface area contributed by atoms with Gasteiger partial charge in [-0.1, -0.05) is 11.2 Å². The Bertz CT molecular complexity index is 1250. The third-order valence-corrected chi connectivity index (χ3v) is 5.83. The van der Waals surface area contributed by atoms with E-state index in [0.29, 0.717) is 16.5 Å². The first-order valence-corrected chi connectivity index (χ1v) is 10.6. The van der Waals surface area contributed by atoms with Crippen LogP contribution in [0.4, 0.5) is 5.13 Å². The molecule has 4 aromatic rings. The van der Waals surface area contributed by atoms with Crippen molar-refractivity contribution in [3.63, 3.8) is 0 Å². The number of thiazole rings is 1. The average Bonchev–Trinajstić information content (AvgIpc) is 3.41. The van der Waals surface area contributed by atoms with E-state index in [4.69, 9.17) is 9.26 Å². The highest BCUT2D eigenvalue weighted by Crippen LogP contribution is 2.27. The number of nitrogens with one attached hydrogen (secondary N) is 1. The second-order valence-electron chi connectivity index (χ2n) is 7.39. The Morgan fingerprint density at radius 1 is 1.23 bits per heavy atom. The van der Waals surface area contributed by atoms with Crippen LogP contribution in [-0.4, -0.2) is 25.8 Å². The molecule has 9 heteroatoms. The number of hydrogen-bond donors (Lipinski definition) is 1. The molecule has 1 N–H and O–H groups in total. The van der Waals surface area contributed by atoms with Crippen LogP contribution in [0.3, 0.4) is 0 Å². The molecule has 0 spiro atoms. The monoisotopic (exact) mass is 437 g/mol. The van der Waals surface area contributed by atoms with Crippen molar-refractivity contribution in [2.75, 3.05) is 5.32 Å². The number of nitrogens with zero attached hydrogens (tertiary/aromatic N) is 4. The number of amides is 1. The topological polar surface area (TPSA) is 95.1 Å². The average molecular weight is 438 g/mol. The Labute approximate surface area is 183 Å². The van der Waals surface area contributed by atoms with Gasteiger partial charge in [0.1, 0.15) is 18.1 Å². The van der Waals surface area contributed by atoms with Crippen molar-refractivity contribution in [3.05, 3.63) is 63.6 Å². The first-order valence-electron chi connectivity index (χ1n) is 9.74. The van der Waals surface area contributed by atoms with E-state index in [1.807, 2.05) is 57.6 Å². The van der Waals surface area contributed by atoms with Gasteiger partial charge in [-0.3, -0.25) is 14.8 Å². The van der Waals surface area contributed by atoms with Crippen molar-refractivity contribution in [1.82, 2.24) is 19.9 Å². The molecular weight excluding hydrogens is 414 g/mol. The second kappa shape index (κ2) is 8.35. The van der Waals surface area contributed by atoms with Crippen LogP contribution < -0.4 is 10.1 Å². The van der Waals surface area contributed by atoms with Crippen LogP contribution in [0, 0.1) is 27.7 Å². The normalized spacial score (nSPS) is 11.0. The predicted octanol–water partition coefficient (Wildman–Crippen LogP) is 4.60. The minimum Gasteiger partial charge on any atom is -0.489 e. The molecule has 0 unspecified atom stereocenters. The zero-order valence-electron chi connectivity index (χ0n) is 18.0. The maximum absolute atomic E-state index is 12.8. The lowest BCUT2D eigenvalue weighted by Crippen LogP contribution is -2.15. The molecule has 31 heavy (non-hydrogen) atoms. The van der Waals surface area contributed by atoms with Gasteiger partial charge in [-0.05, 0) is 51.0 Å². The first-order chi connectivity index (χ1) is 14.8. The van der Waals surface area contributed by atoms with Crippen molar-refractivity contribution in [2.45, 2.75) is 34.3 Å². The van der Waals surface area contributed by atoms with Crippen LogP contribution in [-0.2, 0) is 13.7 Å². The maximum Gasteiger partial charge on any atom is 0.280 e. The van der Waals surface area contributed by atoms with E-state index >= 15 is 0 Å². The molecule has 160 valence electrons. The van der Waals surface area contributed by atoms with Gasteiger partial charge in [-0.15, -0.1) is 11.3 Å². The Kier molecular flexibility index (Phi) is 5.60. The fraction of sp³-hybridized carbons (Fsp3) is 0.273. The number of benzene rings is 1. The summed E-state index contributed by atoms with van der Waals surface area (Å²) in [6, 6.07) is 5.88. The third-order valence-electron chi connectivity index (χ3n) is 5.08. The molecule has 0 aliphatic rings. The summed E-state index contributed by atoms with van der Waals surface area (Å²) in [4.78, 5) is 17.3. The quantitative estimate of drug-likeness (QED) is 0.474. The summed E-state index contributed by atoms with van der Waals surface area (Å²) < 4.78 is 12.9. The van der Waals surface area contributed by atoms with Gasteiger partial charge in [-0.2, -0.15) is 5.10 Å². The third kappa shape index (κ3) is 4.36. The highest BCUT2D eigenvalue weighted by molar-refractivity contribution is 7.14. The van der Waals surface area contributed by atoms with Crippen LogP contribution >= 0.6 is 11.3 Å². The van der Waals surface area contributed by atoms with Crippen molar-refractivity contribution in [1.29, 1.82) is 0 Å². The SMILES string of the molecule is Cc1ccc(OCc2c(C(=O)Nc3nc(-c4cn(C)nc4C)cs3)noc2C)cc1C. The molecule has 0 radical (unpaired) electrons. The van der Waals surface area contributed by atoms with Gasteiger partial charge in [0.15, 0.2) is 10.8 Å². The number of ether oxygens (including phenoxy) is 1. The molecule has 0 saturated heterocycles. The molecule has 0 fully saturated rings. The number of hydrogen-bond acceptors (Lipinski definition) is 7. The summed E-state index contributed by atoms with van der Waals surface area (Å²) in [5, 5.41) is 13.4. The van der Waals surface area contributed by atoms with Crippen LogP contribution in [0.15, 0.2) is 34.3 Å². The van der Waals surface area contributed by atoms with E-state index < -0.39 is 0 Å². The number of aryl methyl sites for hydroxylation is 5. The minimum absolute atomic E-state index is 0.179. The fourth-order valence-corrected chi connectivity index (χ4v) is 3.87. The van der Waals surface area contributed by atoms with Gasteiger partial charge in [0.25, 0.3) is 5.91 Å². The molecule has 1 amide bonds. The maximum atomic E-state index is 12.8. The van der Waals surface area contributed by atoms with Gasteiger partial charge in [0.2, 0.25) is 0 Å². The Balaban J connectivity index is 1.48. The summed E-state index contributed by atoms with van der Waals surface area (Å²) in [6.45, 7) is 7.94. The predicted molar refractivity (Wildman–Crippen MR) is 118 cm³/mol. The second-order valence-corrected chi connectivity index (χ2v) is 8.25. The standard InChI is InChI=1S/C22H23N5O3S/c1-12-6-7-16(8-13(12)2)29-10-18-15(4)30-26-20(18)21(28)24-22-23-19(11-31-22)17-9-27(5)25-14(17)3/h6-9,11H,10H2,1-5H3,(H,23,24,28). The zero-order chi connectivity index (χ0) is 22.1. The number of carbonyl (C=O) groups is 1.